The van der Waals surface area contributed by atoms with Crippen LogP contribution < -0.4 is 5.23 Å². The first-order chi connectivity index (χ1) is 4.11. The van der Waals surface area contributed by atoms with Crippen molar-refractivity contribution in [3.63, 3.8) is 0 Å². The second kappa shape index (κ2) is 2.31. The van der Waals surface area contributed by atoms with Crippen LogP contribution in [-0.4, -0.2) is 20.3 Å². The highest BCUT2D eigenvalue weighted by Crippen LogP contribution is 2.20. The van der Waals surface area contributed by atoms with Crippen LogP contribution in [0.1, 0.15) is 20.8 Å². The Labute approximate surface area is 57.3 Å². The van der Waals surface area contributed by atoms with Crippen LogP contribution in [0, 0.1) is 5.41 Å². The molecule has 0 aromatic rings. The van der Waals surface area contributed by atoms with Gasteiger partial charge in [0.15, 0.2) is 0 Å². The van der Waals surface area contributed by atoms with Crippen LogP contribution in [0.25, 0.3) is 0 Å². The molecule has 0 amide bonds. The maximum Gasteiger partial charge on any atom is 0.396 e. The van der Waals surface area contributed by atoms with Crippen LogP contribution in [0.3, 0.4) is 0 Å². The van der Waals surface area contributed by atoms with E-state index < -0.39 is 0 Å². The van der Waals surface area contributed by atoms with E-state index in [0.717, 1.165) is 6.61 Å². The fourth-order valence-corrected chi connectivity index (χ4v) is 0.823. The molecule has 9 heavy (non-hydrogen) atoms. The fourth-order valence-electron chi connectivity index (χ4n) is 0.823. The van der Waals surface area contributed by atoms with E-state index in [2.05, 4.69) is 26.0 Å². The molecule has 1 heterocycles. The molecule has 0 saturated carbocycles. The molecule has 0 aromatic carbocycles. The van der Waals surface area contributed by atoms with Crippen molar-refractivity contribution in [3.05, 3.63) is 0 Å². The summed E-state index contributed by atoms with van der Waals surface area (Å²) in [5.74, 6) is 0. The first-order valence-corrected chi connectivity index (χ1v) is 3.30. The normalized spacial score (nSPS) is 28.1. The lowest BCUT2D eigenvalue weighted by atomic mass is 9.87. The molecule has 51 valence electrons. The predicted octanol–water partition coefficient (Wildman–Crippen LogP) is 0.555. The summed E-state index contributed by atoms with van der Waals surface area (Å²) in [6, 6.07) is 0.484. The largest absolute Gasteiger partial charge is 0.423 e. The molecule has 1 aliphatic rings. The van der Waals surface area contributed by atoms with Crippen LogP contribution in [0.4, 0.5) is 0 Å². The molecule has 1 saturated heterocycles. The molecule has 0 aromatic heterocycles. The van der Waals surface area contributed by atoms with Crippen molar-refractivity contribution >= 4 is 7.62 Å². The third-order valence-electron chi connectivity index (χ3n) is 1.66. The molecule has 1 fully saturated rings. The van der Waals surface area contributed by atoms with E-state index in [1.54, 1.807) is 7.62 Å². The summed E-state index contributed by atoms with van der Waals surface area (Å²) in [6.45, 7) is 7.41. The highest BCUT2D eigenvalue weighted by Gasteiger charge is 2.28. The summed E-state index contributed by atoms with van der Waals surface area (Å²) in [7, 11) is 1.68. The van der Waals surface area contributed by atoms with Gasteiger partial charge in [-0.1, -0.05) is 20.8 Å². The molecule has 1 N–H and O–H groups in total. The van der Waals surface area contributed by atoms with Gasteiger partial charge in [0.2, 0.25) is 0 Å². The zero-order valence-corrected chi connectivity index (χ0v) is 6.27. The van der Waals surface area contributed by atoms with E-state index in [0.29, 0.717) is 11.5 Å². The van der Waals surface area contributed by atoms with Crippen molar-refractivity contribution < 1.29 is 4.65 Å². The maximum absolute atomic E-state index is 5.05. The third kappa shape index (κ3) is 1.70. The molecular formula is C6H13BNO. The van der Waals surface area contributed by atoms with E-state index >= 15 is 0 Å². The van der Waals surface area contributed by atoms with E-state index in [9.17, 15) is 0 Å². The van der Waals surface area contributed by atoms with Gasteiger partial charge in [0.1, 0.15) is 0 Å². The van der Waals surface area contributed by atoms with Gasteiger partial charge in [-0.25, -0.2) is 0 Å². The molecule has 1 aliphatic heterocycles. The van der Waals surface area contributed by atoms with E-state index in [1.807, 2.05) is 0 Å². The van der Waals surface area contributed by atoms with Crippen LogP contribution in [0.15, 0.2) is 0 Å². The van der Waals surface area contributed by atoms with Gasteiger partial charge in [-0.05, 0) is 5.41 Å². The van der Waals surface area contributed by atoms with Crippen molar-refractivity contribution in [2.75, 3.05) is 6.61 Å². The zero-order chi connectivity index (χ0) is 6.91. The highest BCUT2D eigenvalue weighted by atomic mass is 16.4. The lowest BCUT2D eigenvalue weighted by Gasteiger charge is -2.25. The molecule has 2 nitrogen and oxygen atoms in total. The average molecular weight is 126 g/mol. The van der Waals surface area contributed by atoms with E-state index in [-0.39, 0.29) is 0 Å². The van der Waals surface area contributed by atoms with E-state index in [4.69, 9.17) is 4.65 Å². The van der Waals surface area contributed by atoms with Gasteiger partial charge < -0.3 is 9.88 Å². The van der Waals surface area contributed by atoms with Gasteiger partial charge in [-0.2, -0.15) is 0 Å². The summed E-state index contributed by atoms with van der Waals surface area (Å²) in [5, 5.41) is 3.15. The first kappa shape index (κ1) is 7.10. The zero-order valence-electron chi connectivity index (χ0n) is 6.27. The second-order valence-electron chi connectivity index (χ2n) is 3.54. The van der Waals surface area contributed by atoms with Crippen LogP contribution in [0.2, 0.25) is 0 Å². The molecule has 0 aliphatic carbocycles. The Morgan fingerprint density at radius 3 is 2.44 bits per heavy atom. The molecule has 1 atom stereocenters. The van der Waals surface area contributed by atoms with Gasteiger partial charge >= 0.3 is 7.62 Å². The molecule has 0 unspecified atom stereocenters. The minimum atomic E-state index is 0.312. The smallest absolute Gasteiger partial charge is 0.396 e. The number of hydrogen-bond donors (Lipinski definition) is 1. The van der Waals surface area contributed by atoms with E-state index in [1.165, 1.54) is 0 Å². The molecular weight excluding hydrogens is 113 g/mol. The summed E-state index contributed by atoms with van der Waals surface area (Å²) in [5.41, 5.74) is 0.312. The van der Waals surface area contributed by atoms with Gasteiger partial charge in [-0.3, -0.25) is 0 Å². The summed E-state index contributed by atoms with van der Waals surface area (Å²) >= 11 is 0. The highest BCUT2D eigenvalue weighted by molar-refractivity contribution is 6.24. The average Bonchev–Trinajstić information content (AvgIpc) is 2.08. The molecule has 1 rings (SSSR count). The Kier molecular flexibility index (Phi) is 1.82. The minimum Gasteiger partial charge on any atom is -0.423 e. The topological polar surface area (TPSA) is 21.3 Å². The summed E-state index contributed by atoms with van der Waals surface area (Å²) in [4.78, 5) is 0. The maximum atomic E-state index is 5.05. The second-order valence-corrected chi connectivity index (χ2v) is 3.54. The fraction of sp³-hybridized carbons (Fsp3) is 1.00. The number of hydrogen-bond acceptors (Lipinski definition) is 2. The Morgan fingerprint density at radius 2 is 2.22 bits per heavy atom. The van der Waals surface area contributed by atoms with Crippen LogP contribution in [0.5, 0.6) is 0 Å². The third-order valence-corrected chi connectivity index (χ3v) is 1.66. The minimum absolute atomic E-state index is 0.312. The lowest BCUT2D eigenvalue weighted by Crippen LogP contribution is -2.37. The lowest BCUT2D eigenvalue weighted by molar-refractivity contribution is 0.244. The Balaban J connectivity index is 2.42. The van der Waals surface area contributed by atoms with Crippen molar-refractivity contribution in [1.29, 1.82) is 0 Å². The van der Waals surface area contributed by atoms with Crippen molar-refractivity contribution in [2.24, 2.45) is 5.41 Å². The molecule has 0 bridgehead atoms. The molecule has 1 radical (unpaired) electrons. The quantitative estimate of drug-likeness (QED) is 0.478. The van der Waals surface area contributed by atoms with Crippen molar-refractivity contribution in [3.8, 4) is 0 Å². The van der Waals surface area contributed by atoms with Crippen LogP contribution in [-0.2, 0) is 4.65 Å². The van der Waals surface area contributed by atoms with Gasteiger partial charge in [0, 0.05) is 12.6 Å². The number of rotatable bonds is 0. The Morgan fingerprint density at radius 1 is 1.56 bits per heavy atom. The monoisotopic (exact) mass is 126 g/mol. The summed E-state index contributed by atoms with van der Waals surface area (Å²) in [6.07, 6.45) is 0. The first-order valence-electron chi connectivity index (χ1n) is 3.30. The van der Waals surface area contributed by atoms with Gasteiger partial charge in [0.05, 0.1) is 0 Å². The number of nitrogens with one attached hydrogen (secondary N) is 1. The van der Waals surface area contributed by atoms with Crippen molar-refractivity contribution in [1.82, 2.24) is 5.23 Å². The summed E-state index contributed by atoms with van der Waals surface area (Å²) < 4.78 is 5.05. The Hall–Kier alpha value is -0.0151. The Bertz CT molecular complexity index is 93.7. The molecule has 0 spiro atoms. The standard InChI is InChI=1S/C6H13BNO/c1-6(2,3)5-4-9-7-8-5/h5,8H,4H2,1-3H3/t5-/m1/s1. The van der Waals surface area contributed by atoms with Gasteiger partial charge in [-0.15, -0.1) is 0 Å². The molecule has 3 heteroatoms. The predicted molar refractivity (Wildman–Crippen MR) is 38.1 cm³/mol. The van der Waals surface area contributed by atoms with Crippen molar-refractivity contribution in [2.45, 2.75) is 26.8 Å². The van der Waals surface area contributed by atoms with Gasteiger partial charge in [0.25, 0.3) is 0 Å². The van der Waals surface area contributed by atoms with Crippen LogP contribution >= 0.6 is 0 Å². The SMILES string of the molecule is CC(C)(C)[C@H]1CO[B]N1.